The monoisotopic (exact) mass is 438 g/mol. The summed E-state index contributed by atoms with van der Waals surface area (Å²) < 4.78 is 8.18. The van der Waals surface area contributed by atoms with Crippen molar-refractivity contribution in [2.24, 2.45) is 5.92 Å². The number of hydrogen-bond acceptors (Lipinski definition) is 5. The highest BCUT2D eigenvalue weighted by Crippen LogP contribution is 2.31. The Morgan fingerprint density at radius 1 is 1.23 bits per heavy atom. The second-order valence-electron chi connectivity index (χ2n) is 8.69. The zero-order valence-electron chi connectivity index (χ0n) is 18.2. The minimum Gasteiger partial charge on any atom is -0.369 e. The lowest BCUT2D eigenvalue weighted by molar-refractivity contribution is -0.0470. The molecule has 7 heteroatoms. The molecule has 3 heterocycles. The molecule has 0 spiro atoms. The van der Waals surface area contributed by atoms with Gasteiger partial charge < -0.3 is 9.30 Å². The molecule has 0 aliphatic heterocycles. The van der Waals surface area contributed by atoms with Crippen molar-refractivity contribution in [2.45, 2.75) is 58.1 Å². The van der Waals surface area contributed by atoms with Crippen molar-refractivity contribution in [3.63, 3.8) is 0 Å². The lowest BCUT2D eigenvalue weighted by Gasteiger charge is -2.28. The van der Waals surface area contributed by atoms with E-state index >= 15 is 0 Å². The summed E-state index contributed by atoms with van der Waals surface area (Å²) in [5.74, 6) is 0.486. The van der Waals surface area contributed by atoms with Gasteiger partial charge in [-0.3, -0.25) is 15.1 Å². The third kappa shape index (κ3) is 5.60. The standard InChI is InChI=1S/C24H30N4O2S/c1-24(2,30-16-19-7-4-3-5-8-19)21-17-31-23(26-21)27-22(29)20-9-6-14-28(20)15-18-10-12-25-13-11-18/h6,9-14,17,19H,3-5,7-8,15-16H2,1-2H3,(H,26,27,29). The Balaban J connectivity index is 1.37. The molecule has 0 aromatic carbocycles. The number of rotatable bonds is 8. The van der Waals surface area contributed by atoms with Crippen molar-refractivity contribution in [1.29, 1.82) is 0 Å². The molecule has 3 aromatic heterocycles. The van der Waals surface area contributed by atoms with Crippen molar-refractivity contribution in [3.05, 3.63) is 65.2 Å². The van der Waals surface area contributed by atoms with Crippen LogP contribution >= 0.6 is 11.3 Å². The Morgan fingerprint density at radius 2 is 2.00 bits per heavy atom. The molecule has 0 unspecified atom stereocenters. The van der Waals surface area contributed by atoms with Crippen LogP contribution in [0.2, 0.25) is 0 Å². The van der Waals surface area contributed by atoms with Crippen LogP contribution in [0.5, 0.6) is 0 Å². The number of nitrogens with zero attached hydrogens (tertiary/aromatic N) is 3. The smallest absolute Gasteiger partial charge is 0.274 e. The number of amides is 1. The normalized spacial score (nSPS) is 15.2. The summed E-state index contributed by atoms with van der Waals surface area (Å²) in [6, 6.07) is 7.60. The molecule has 4 rings (SSSR count). The van der Waals surface area contributed by atoms with Crippen LogP contribution in [0.4, 0.5) is 5.13 Å². The van der Waals surface area contributed by atoms with Gasteiger partial charge in [-0.15, -0.1) is 11.3 Å². The van der Waals surface area contributed by atoms with Gasteiger partial charge in [0, 0.05) is 30.5 Å². The third-order valence-corrected chi connectivity index (χ3v) is 6.67. The quantitative estimate of drug-likeness (QED) is 0.506. The van der Waals surface area contributed by atoms with Crippen LogP contribution in [0, 0.1) is 5.92 Å². The molecule has 31 heavy (non-hydrogen) atoms. The SMILES string of the molecule is CC(C)(OCC1CCCCC1)c1csc(NC(=O)c2cccn2Cc2ccncc2)n1. The van der Waals surface area contributed by atoms with E-state index in [0.717, 1.165) is 17.9 Å². The molecule has 1 N–H and O–H groups in total. The maximum Gasteiger partial charge on any atom is 0.274 e. The van der Waals surface area contributed by atoms with Crippen LogP contribution in [-0.4, -0.2) is 27.0 Å². The largest absolute Gasteiger partial charge is 0.369 e. The highest BCUT2D eigenvalue weighted by atomic mass is 32.1. The van der Waals surface area contributed by atoms with E-state index in [1.54, 1.807) is 12.4 Å². The van der Waals surface area contributed by atoms with E-state index in [1.165, 1.54) is 43.4 Å². The summed E-state index contributed by atoms with van der Waals surface area (Å²) in [4.78, 5) is 21.6. The summed E-state index contributed by atoms with van der Waals surface area (Å²) in [7, 11) is 0. The van der Waals surface area contributed by atoms with Gasteiger partial charge in [0.25, 0.3) is 5.91 Å². The number of hydrogen-bond donors (Lipinski definition) is 1. The summed E-state index contributed by atoms with van der Waals surface area (Å²) in [6.07, 6.45) is 11.9. The molecule has 1 fully saturated rings. The molecule has 1 aliphatic rings. The summed E-state index contributed by atoms with van der Waals surface area (Å²) >= 11 is 1.43. The number of pyridine rings is 1. The second kappa shape index (κ2) is 9.75. The number of anilines is 1. The number of carbonyl (C=O) groups is 1. The minimum atomic E-state index is -0.474. The first-order valence-corrected chi connectivity index (χ1v) is 11.8. The van der Waals surface area contributed by atoms with Crippen molar-refractivity contribution in [2.75, 3.05) is 11.9 Å². The summed E-state index contributed by atoms with van der Waals surface area (Å²) in [6.45, 7) is 5.49. The predicted molar refractivity (Wildman–Crippen MR) is 123 cm³/mol. The molecule has 1 aliphatic carbocycles. The maximum atomic E-state index is 12.9. The van der Waals surface area contributed by atoms with E-state index in [1.807, 2.05) is 40.4 Å². The Morgan fingerprint density at radius 3 is 2.77 bits per heavy atom. The molecule has 1 saturated carbocycles. The summed E-state index contributed by atoms with van der Waals surface area (Å²) in [5.41, 5.74) is 2.07. The topological polar surface area (TPSA) is 69.0 Å². The zero-order valence-corrected chi connectivity index (χ0v) is 19.0. The van der Waals surface area contributed by atoms with Crippen LogP contribution in [0.1, 0.15) is 67.7 Å². The molecular formula is C24H30N4O2S. The van der Waals surface area contributed by atoms with E-state index in [0.29, 0.717) is 23.3 Å². The van der Waals surface area contributed by atoms with Gasteiger partial charge in [0.05, 0.1) is 12.3 Å². The van der Waals surface area contributed by atoms with E-state index in [9.17, 15) is 4.79 Å². The van der Waals surface area contributed by atoms with Crippen LogP contribution in [0.25, 0.3) is 0 Å². The lowest BCUT2D eigenvalue weighted by Crippen LogP contribution is -2.26. The van der Waals surface area contributed by atoms with Crippen molar-refractivity contribution < 1.29 is 9.53 Å². The number of thiazole rings is 1. The Labute approximate surface area is 187 Å². The molecule has 0 radical (unpaired) electrons. The fourth-order valence-corrected chi connectivity index (χ4v) is 4.83. The van der Waals surface area contributed by atoms with Gasteiger partial charge >= 0.3 is 0 Å². The molecular weight excluding hydrogens is 408 g/mol. The van der Waals surface area contributed by atoms with Crippen LogP contribution < -0.4 is 5.32 Å². The van der Waals surface area contributed by atoms with Crippen molar-refractivity contribution in [3.8, 4) is 0 Å². The fraction of sp³-hybridized carbons (Fsp3) is 0.458. The van der Waals surface area contributed by atoms with E-state index in [-0.39, 0.29) is 5.91 Å². The third-order valence-electron chi connectivity index (χ3n) is 5.91. The van der Waals surface area contributed by atoms with E-state index in [4.69, 9.17) is 4.74 Å². The molecule has 0 saturated heterocycles. The lowest BCUT2D eigenvalue weighted by atomic mass is 9.90. The Kier molecular flexibility index (Phi) is 6.83. The molecule has 1 amide bonds. The first-order valence-electron chi connectivity index (χ1n) is 11.0. The maximum absolute atomic E-state index is 12.9. The Bertz CT molecular complexity index is 990. The van der Waals surface area contributed by atoms with Gasteiger partial charge in [-0.2, -0.15) is 0 Å². The van der Waals surface area contributed by atoms with Gasteiger partial charge in [0.2, 0.25) is 0 Å². The predicted octanol–water partition coefficient (Wildman–Crippen LogP) is 5.47. The minimum absolute atomic E-state index is 0.166. The number of carbonyl (C=O) groups excluding carboxylic acids is 1. The Hall–Kier alpha value is -2.51. The highest BCUT2D eigenvalue weighted by Gasteiger charge is 2.27. The van der Waals surface area contributed by atoms with Crippen LogP contribution in [0.3, 0.4) is 0 Å². The van der Waals surface area contributed by atoms with Gasteiger partial charge in [-0.1, -0.05) is 19.3 Å². The van der Waals surface area contributed by atoms with Gasteiger partial charge in [-0.05, 0) is 62.4 Å². The van der Waals surface area contributed by atoms with Crippen molar-refractivity contribution >= 4 is 22.4 Å². The molecule has 0 bridgehead atoms. The molecule has 3 aromatic rings. The first kappa shape index (κ1) is 21.7. The average molecular weight is 439 g/mol. The first-order chi connectivity index (χ1) is 15.0. The number of nitrogens with one attached hydrogen (secondary N) is 1. The number of ether oxygens (including phenoxy) is 1. The van der Waals surface area contributed by atoms with Crippen LogP contribution in [-0.2, 0) is 16.9 Å². The molecule has 164 valence electrons. The summed E-state index contributed by atoms with van der Waals surface area (Å²) in [5, 5.41) is 5.52. The van der Waals surface area contributed by atoms with Crippen LogP contribution in [0.15, 0.2) is 48.2 Å². The van der Waals surface area contributed by atoms with E-state index < -0.39 is 5.60 Å². The van der Waals surface area contributed by atoms with Gasteiger partial charge in [0.1, 0.15) is 11.3 Å². The average Bonchev–Trinajstić information content (AvgIpc) is 3.44. The van der Waals surface area contributed by atoms with E-state index in [2.05, 4.69) is 29.1 Å². The highest BCUT2D eigenvalue weighted by molar-refractivity contribution is 7.14. The second-order valence-corrected chi connectivity index (χ2v) is 9.55. The zero-order chi connectivity index (χ0) is 21.7. The van der Waals surface area contributed by atoms with Gasteiger partial charge in [0.15, 0.2) is 5.13 Å². The molecule has 6 nitrogen and oxygen atoms in total. The van der Waals surface area contributed by atoms with Crippen molar-refractivity contribution in [1.82, 2.24) is 14.5 Å². The van der Waals surface area contributed by atoms with Gasteiger partial charge in [-0.25, -0.2) is 4.98 Å². The number of aromatic nitrogens is 3. The molecule has 0 atom stereocenters. The fourth-order valence-electron chi connectivity index (χ4n) is 3.97.